The van der Waals surface area contributed by atoms with Gasteiger partial charge in [0.25, 0.3) is 0 Å². The summed E-state index contributed by atoms with van der Waals surface area (Å²) >= 11 is 0. The van der Waals surface area contributed by atoms with Crippen molar-refractivity contribution in [3.63, 3.8) is 0 Å². The minimum atomic E-state index is -4.27. The minimum Gasteiger partial charge on any atom is -0.744 e. The molecule has 1 aromatic rings. The molecule has 0 heterocycles. The molecule has 0 aliphatic carbocycles. The fourth-order valence-corrected chi connectivity index (χ4v) is 4.70. The summed E-state index contributed by atoms with van der Waals surface area (Å²) in [5.74, 6) is 0. The van der Waals surface area contributed by atoms with Crippen LogP contribution in [0.15, 0.2) is 29.2 Å². The van der Waals surface area contributed by atoms with E-state index in [-0.39, 0.29) is 4.90 Å². The molecule has 0 fully saturated rings. The van der Waals surface area contributed by atoms with Crippen LogP contribution in [0.1, 0.15) is 103 Å². The van der Waals surface area contributed by atoms with Crippen molar-refractivity contribution >= 4 is 10.1 Å². The summed E-state index contributed by atoms with van der Waals surface area (Å²) in [5.41, 5.74) is 0.928. The molecule has 0 atom stereocenters. The van der Waals surface area contributed by atoms with Gasteiger partial charge in [-0.25, -0.2) is 8.42 Å². The molecule has 1 aromatic carbocycles. The molecule has 0 saturated carbocycles. The van der Waals surface area contributed by atoms with Gasteiger partial charge in [-0.15, -0.1) is 0 Å². The van der Waals surface area contributed by atoms with Crippen LogP contribution in [0.4, 0.5) is 0 Å². The van der Waals surface area contributed by atoms with Crippen molar-refractivity contribution in [1.29, 1.82) is 0 Å². The smallest absolute Gasteiger partial charge is 0.124 e. The van der Waals surface area contributed by atoms with E-state index in [1.165, 1.54) is 113 Å². The number of benzene rings is 1. The summed E-state index contributed by atoms with van der Waals surface area (Å²) in [6, 6.07) is 5.78. The van der Waals surface area contributed by atoms with Crippen molar-refractivity contribution in [1.82, 2.24) is 0 Å². The third-order valence-electron chi connectivity index (χ3n) is 6.31. The van der Waals surface area contributed by atoms with Gasteiger partial charge in [0.2, 0.25) is 0 Å². The highest BCUT2D eigenvalue weighted by Gasteiger charge is 2.25. The maximum Gasteiger partial charge on any atom is 0.124 e. The normalized spacial score (nSPS) is 11.8. The molecule has 0 aromatic heterocycles. The van der Waals surface area contributed by atoms with E-state index >= 15 is 0 Å². The number of quaternary nitrogens is 1. The molecule has 33 heavy (non-hydrogen) atoms. The average molecular weight is 486 g/mol. The van der Waals surface area contributed by atoms with E-state index in [2.05, 4.69) is 20.8 Å². The summed E-state index contributed by atoms with van der Waals surface area (Å²) in [6.45, 7) is 14.3. The summed E-state index contributed by atoms with van der Waals surface area (Å²) < 4.78 is 32.5. The van der Waals surface area contributed by atoms with E-state index in [0.29, 0.717) is 6.61 Å². The molecule has 194 valence electrons. The molecular formula is C27H51NO4S. The topological polar surface area (TPSA) is 77.4 Å². The Labute approximate surface area is 204 Å². The molecule has 0 radical (unpaired) electrons. The number of aliphatic hydroxyl groups excluding tert-OH is 1. The van der Waals surface area contributed by atoms with E-state index in [9.17, 15) is 18.1 Å². The predicted octanol–water partition coefficient (Wildman–Crippen LogP) is 6.44. The van der Waals surface area contributed by atoms with Gasteiger partial charge >= 0.3 is 0 Å². The second kappa shape index (κ2) is 19.4. The van der Waals surface area contributed by atoms with Gasteiger partial charge < -0.3 is 14.1 Å². The van der Waals surface area contributed by atoms with E-state index in [1.54, 1.807) is 12.1 Å². The molecule has 0 amide bonds. The Kier molecular flexibility index (Phi) is 18.8. The van der Waals surface area contributed by atoms with Gasteiger partial charge in [0.05, 0.1) is 31.1 Å². The predicted molar refractivity (Wildman–Crippen MR) is 138 cm³/mol. The van der Waals surface area contributed by atoms with Crippen LogP contribution in [0.3, 0.4) is 0 Å². The summed E-state index contributed by atoms with van der Waals surface area (Å²) in [7, 11) is -4.27. The first-order valence-electron chi connectivity index (χ1n) is 13.2. The van der Waals surface area contributed by atoms with Crippen molar-refractivity contribution in [3.8, 4) is 0 Å². The van der Waals surface area contributed by atoms with Crippen LogP contribution in [-0.2, 0) is 10.1 Å². The Morgan fingerprint density at radius 1 is 0.697 bits per heavy atom. The van der Waals surface area contributed by atoms with Crippen LogP contribution in [0.2, 0.25) is 0 Å². The van der Waals surface area contributed by atoms with Crippen LogP contribution in [0, 0.1) is 6.92 Å². The molecule has 0 aliphatic rings. The van der Waals surface area contributed by atoms with Crippen LogP contribution in [-0.4, -0.2) is 55.3 Å². The molecule has 5 nitrogen and oxygen atoms in total. The zero-order chi connectivity index (χ0) is 25.0. The van der Waals surface area contributed by atoms with Gasteiger partial charge in [0.1, 0.15) is 10.1 Å². The van der Waals surface area contributed by atoms with Crippen LogP contribution < -0.4 is 0 Å². The highest BCUT2D eigenvalue weighted by molar-refractivity contribution is 7.85. The first-order valence-corrected chi connectivity index (χ1v) is 14.6. The summed E-state index contributed by atoms with van der Waals surface area (Å²) in [4.78, 5) is -0.178. The number of hydrogen-bond donors (Lipinski definition) is 1. The lowest BCUT2D eigenvalue weighted by atomic mass is 10.1. The van der Waals surface area contributed by atoms with Crippen LogP contribution in [0.5, 0.6) is 0 Å². The number of hydrogen-bond acceptors (Lipinski definition) is 4. The third-order valence-corrected chi connectivity index (χ3v) is 7.16. The number of aryl methyl sites for hydroxylation is 1. The Hall–Kier alpha value is -0.950. The Balaban J connectivity index is 0.000000771. The maximum absolute atomic E-state index is 10.4. The number of aliphatic hydroxyl groups is 1. The lowest BCUT2D eigenvalue weighted by molar-refractivity contribution is -0.929. The number of nitrogens with zero attached hydrogens (tertiary/aromatic N) is 1. The quantitative estimate of drug-likeness (QED) is 0.147. The van der Waals surface area contributed by atoms with Gasteiger partial charge in [-0.3, -0.25) is 0 Å². The highest BCUT2D eigenvalue weighted by Crippen LogP contribution is 2.18. The second-order valence-corrected chi connectivity index (χ2v) is 10.8. The Morgan fingerprint density at radius 2 is 1.09 bits per heavy atom. The largest absolute Gasteiger partial charge is 0.744 e. The zero-order valence-electron chi connectivity index (χ0n) is 21.9. The number of unbranched alkanes of at least 4 members (excludes halogenated alkanes) is 8. The van der Waals surface area contributed by atoms with Crippen molar-refractivity contribution in [2.24, 2.45) is 0 Å². The van der Waals surface area contributed by atoms with Crippen LogP contribution in [0.25, 0.3) is 0 Å². The molecule has 0 saturated heterocycles. The average Bonchev–Trinajstić information content (AvgIpc) is 2.78. The van der Waals surface area contributed by atoms with Crippen molar-refractivity contribution in [2.45, 2.75) is 110 Å². The van der Waals surface area contributed by atoms with Crippen molar-refractivity contribution in [3.05, 3.63) is 29.8 Å². The van der Waals surface area contributed by atoms with Gasteiger partial charge in [-0.05, 0) is 57.6 Å². The molecule has 0 spiro atoms. The van der Waals surface area contributed by atoms with E-state index < -0.39 is 10.1 Å². The van der Waals surface area contributed by atoms with E-state index in [0.717, 1.165) is 12.0 Å². The molecule has 1 rings (SSSR count). The molecule has 1 N–H and O–H groups in total. The van der Waals surface area contributed by atoms with E-state index in [4.69, 9.17) is 0 Å². The fraction of sp³-hybridized carbons (Fsp3) is 0.778. The molecular weight excluding hydrogens is 434 g/mol. The third kappa shape index (κ3) is 16.3. The second-order valence-electron chi connectivity index (χ2n) is 9.41. The van der Waals surface area contributed by atoms with Gasteiger partial charge in [0, 0.05) is 13.0 Å². The Bertz CT molecular complexity index is 662. The van der Waals surface area contributed by atoms with E-state index in [1.807, 2.05) is 6.92 Å². The van der Waals surface area contributed by atoms with Gasteiger partial charge in [-0.1, -0.05) is 70.6 Å². The molecule has 0 aliphatic heterocycles. The zero-order valence-corrected chi connectivity index (χ0v) is 22.7. The minimum absolute atomic E-state index is 0.178. The van der Waals surface area contributed by atoms with Gasteiger partial charge in [-0.2, -0.15) is 0 Å². The van der Waals surface area contributed by atoms with Crippen molar-refractivity contribution in [2.75, 3.05) is 32.8 Å². The molecule has 0 bridgehead atoms. The summed E-state index contributed by atoms with van der Waals surface area (Å²) in [6.07, 6.45) is 15.9. The summed E-state index contributed by atoms with van der Waals surface area (Å²) in [5, 5.41) is 9.31. The lowest BCUT2D eigenvalue weighted by Crippen LogP contribution is -2.51. The SMILES string of the molecule is CCCCCC[N+](CCCO)(CCCCC)CCCCCC.Cc1ccc(S(=O)(=O)[O-])cc1. The first-order chi connectivity index (χ1) is 15.7. The standard InChI is InChI=1S/C20H44NO.C7H8O3S/c1-4-7-10-13-17-21(19-15-20-22,16-12-9-6-3)18-14-11-8-5-2;1-6-2-4-7(5-3-6)11(8,9)10/h22H,4-20H2,1-3H3;2-5H,1H3,(H,8,9,10)/q+1;/p-1. The fourth-order valence-electron chi connectivity index (χ4n) is 4.23. The Morgan fingerprint density at radius 3 is 1.48 bits per heavy atom. The number of rotatable bonds is 18. The maximum atomic E-state index is 10.4. The molecule has 6 heteroatoms. The lowest BCUT2D eigenvalue weighted by Gasteiger charge is -2.39. The monoisotopic (exact) mass is 485 g/mol. The highest BCUT2D eigenvalue weighted by atomic mass is 32.2. The van der Waals surface area contributed by atoms with Gasteiger partial charge in [0.15, 0.2) is 0 Å². The van der Waals surface area contributed by atoms with Crippen LogP contribution >= 0.6 is 0 Å². The molecule has 0 unspecified atom stereocenters. The van der Waals surface area contributed by atoms with Crippen molar-refractivity contribution < 1.29 is 22.6 Å². The first kappa shape index (κ1) is 32.0.